The number of nitrogens with zero attached hydrogens (tertiary/aromatic N) is 3. The number of aromatic nitrogens is 2. The van der Waals surface area contributed by atoms with Crippen molar-refractivity contribution < 1.29 is 23.8 Å². The summed E-state index contributed by atoms with van der Waals surface area (Å²) in [5, 5.41) is 7.43. The van der Waals surface area contributed by atoms with Crippen molar-refractivity contribution in [3.05, 3.63) is 76.6 Å². The fourth-order valence-electron chi connectivity index (χ4n) is 4.03. The first-order chi connectivity index (χ1) is 18.1. The molecule has 10 heteroatoms. The number of rotatable bonds is 7. The van der Waals surface area contributed by atoms with Crippen LogP contribution in [-0.4, -0.2) is 58.1 Å². The summed E-state index contributed by atoms with van der Waals surface area (Å²) in [6.07, 6.45) is 0.661. The fraction of sp³-hybridized carbons (Fsp3) is 0.393. The lowest BCUT2D eigenvalue weighted by Crippen LogP contribution is -2.48. The van der Waals surface area contributed by atoms with Gasteiger partial charge in [0.15, 0.2) is 0 Å². The number of hydrogen-bond acceptors (Lipinski definition) is 6. The summed E-state index contributed by atoms with van der Waals surface area (Å²) in [6.45, 7) is 9.18. The van der Waals surface area contributed by atoms with Gasteiger partial charge >= 0.3 is 6.09 Å². The van der Waals surface area contributed by atoms with Gasteiger partial charge in [-0.1, -0.05) is 41.9 Å². The van der Waals surface area contributed by atoms with E-state index < -0.39 is 17.6 Å². The van der Waals surface area contributed by atoms with Crippen LogP contribution in [0.4, 0.5) is 10.5 Å². The van der Waals surface area contributed by atoms with E-state index in [9.17, 15) is 9.59 Å². The lowest BCUT2D eigenvalue weighted by atomic mass is 10.2. The molecule has 0 radical (unpaired) electrons. The van der Waals surface area contributed by atoms with Gasteiger partial charge < -0.3 is 24.4 Å². The van der Waals surface area contributed by atoms with Crippen molar-refractivity contribution in [1.29, 1.82) is 0 Å². The summed E-state index contributed by atoms with van der Waals surface area (Å²) in [5.41, 5.74) is 2.18. The van der Waals surface area contributed by atoms with E-state index in [-0.39, 0.29) is 23.4 Å². The standard InChI is InChI=1S/C28H33ClN4O5/c1-19-14-21(37-18-20-8-6-5-7-9-20)10-11-24(19)31-26(34)25-23(29)15-30-33(25)17-22-16-32(12-13-36-22)27(35)38-28(2,3)4/h5-11,14-15,22H,12-13,16-18H2,1-4H3,(H,31,34). The normalized spacial score (nSPS) is 15.7. The number of amides is 2. The molecular formula is C28H33ClN4O5. The predicted molar refractivity (Wildman–Crippen MR) is 145 cm³/mol. The van der Waals surface area contributed by atoms with Crippen LogP contribution in [0.3, 0.4) is 0 Å². The molecule has 2 heterocycles. The zero-order chi connectivity index (χ0) is 27.3. The monoisotopic (exact) mass is 540 g/mol. The SMILES string of the molecule is Cc1cc(OCc2ccccc2)ccc1NC(=O)c1c(Cl)cnn1CC1CN(C(=O)OC(C)(C)C)CCO1. The predicted octanol–water partition coefficient (Wildman–Crippen LogP) is 5.31. The molecule has 1 fully saturated rings. The number of nitrogens with one attached hydrogen (secondary N) is 1. The smallest absolute Gasteiger partial charge is 0.410 e. The number of ether oxygens (including phenoxy) is 3. The van der Waals surface area contributed by atoms with Gasteiger partial charge in [0.2, 0.25) is 0 Å². The molecule has 38 heavy (non-hydrogen) atoms. The molecule has 1 aliphatic heterocycles. The van der Waals surface area contributed by atoms with Crippen molar-refractivity contribution in [1.82, 2.24) is 14.7 Å². The summed E-state index contributed by atoms with van der Waals surface area (Å²) in [5.74, 6) is 0.310. The molecule has 0 bridgehead atoms. The van der Waals surface area contributed by atoms with E-state index in [0.29, 0.717) is 37.7 Å². The van der Waals surface area contributed by atoms with Crippen LogP contribution in [0.2, 0.25) is 5.02 Å². The zero-order valence-corrected chi connectivity index (χ0v) is 22.8. The second-order valence-corrected chi connectivity index (χ2v) is 10.6. The molecular weight excluding hydrogens is 508 g/mol. The third kappa shape index (κ3) is 7.26. The molecule has 1 saturated heterocycles. The number of hydrogen-bond donors (Lipinski definition) is 1. The molecule has 0 spiro atoms. The van der Waals surface area contributed by atoms with Gasteiger partial charge in [0, 0.05) is 12.2 Å². The van der Waals surface area contributed by atoms with Gasteiger partial charge in [-0.3, -0.25) is 9.48 Å². The molecule has 1 aliphatic rings. The van der Waals surface area contributed by atoms with E-state index in [1.54, 1.807) is 11.0 Å². The van der Waals surface area contributed by atoms with Crippen LogP contribution in [-0.2, 0) is 22.6 Å². The number of carbonyl (C=O) groups is 2. The maximum atomic E-state index is 13.2. The minimum absolute atomic E-state index is 0.216. The van der Waals surface area contributed by atoms with Crippen molar-refractivity contribution in [3.8, 4) is 5.75 Å². The summed E-state index contributed by atoms with van der Waals surface area (Å²) in [4.78, 5) is 27.3. The number of halogens is 1. The number of carbonyl (C=O) groups excluding carboxylic acids is 2. The second-order valence-electron chi connectivity index (χ2n) is 10.1. The highest BCUT2D eigenvalue weighted by Gasteiger charge is 2.30. The molecule has 2 aromatic carbocycles. The Labute approximate surface area is 227 Å². The molecule has 202 valence electrons. The number of benzene rings is 2. The van der Waals surface area contributed by atoms with E-state index in [0.717, 1.165) is 11.1 Å². The zero-order valence-electron chi connectivity index (χ0n) is 22.1. The number of morpholine rings is 1. The molecule has 0 saturated carbocycles. The van der Waals surface area contributed by atoms with Gasteiger partial charge in [-0.2, -0.15) is 5.10 Å². The summed E-state index contributed by atoms with van der Waals surface area (Å²) in [7, 11) is 0. The fourth-order valence-corrected chi connectivity index (χ4v) is 4.26. The van der Waals surface area contributed by atoms with Crippen LogP contribution in [0.1, 0.15) is 42.4 Å². The highest BCUT2D eigenvalue weighted by atomic mass is 35.5. The molecule has 1 N–H and O–H groups in total. The first-order valence-corrected chi connectivity index (χ1v) is 12.9. The third-order valence-electron chi connectivity index (χ3n) is 5.87. The molecule has 1 atom stereocenters. The Morgan fingerprint density at radius 1 is 1.18 bits per heavy atom. The van der Waals surface area contributed by atoms with Crippen molar-refractivity contribution in [2.45, 2.75) is 52.6 Å². The highest BCUT2D eigenvalue weighted by molar-refractivity contribution is 6.34. The molecule has 4 rings (SSSR count). The third-order valence-corrected chi connectivity index (χ3v) is 6.15. The lowest BCUT2D eigenvalue weighted by molar-refractivity contribution is -0.0484. The minimum atomic E-state index is -0.587. The van der Waals surface area contributed by atoms with Crippen LogP contribution in [0.5, 0.6) is 5.75 Å². The summed E-state index contributed by atoms with van der Waals surface area (Å²) < 4.78 is 18.7. The molecule has 2 amide bonds. The molecule has 1 unspecified atom stereocenters. The van der Waals surface area contributed by atoms with Crippen LogP contribution < -0.4 is 10.1 Å². The van der Waals surface area contributed by atoms with E-state index in [4.69, 9.17) is 25.8 Å². The molecule has 1 aromatic heterocycles. The van der Waals surface area contributed by atoms with Crippen molar-refractivity contribution >= 4 is 29.3 Å². The van der Waals surface area contributed by atoms with Crippen molar-refractivity contribution in [3.63, 3.8) is 0 Å². The minimum Gasteiger partial charge on any atom is -0.489 e. The first kappa shape index (κ1) is 27.5. The van der Waals surface area contributed by atoms with Gasteiger partial charge in [-0.25, -0.2) is 4.79 Å². The van der Waals surface area contributed by atoms with Gasteiger partial charge in [0.05, 0.1) is 37.0 Å². The maximum Gasteiger partial charge on any atom is 0.410 e. The van der Waals surface area contributed by atoms with E-state index >= 15 is 0 Å². The van der Waals surface area contributed by atoms with Gasteiger partial charge in [0.25, 0.3) is 5.91 Å². The Balaban J connectivity index is 1.39. The Morgan fingerprint density at radius 2 is 1.95 bits per heavy atom. The molecule has 9 nitrogen and oxygen atoms in total. The second kappa shape index (κ2) is 11.9. The Kier molecular flexibility index (Phi) is 8.58. The van der Waals surface area contributed by atoms with E-state index in [2.05, 4.69) is 10.4 Å². The maximum absolute atomic E-state index is 13.2. The highest BCUT2D eigenvalue weighted by Crippen LogP contribution is 2.25. The largest absolute Gasteiger partial charge is 0.489 e. The molecule has 3 aromatic rings. The van der Waals surface area contributed by atoms with Crippen molar-refractivity contribution in [2.75, 3.05) is 25.0 Å². The summed E-state index contributed by atoms with van der Waals surface area (Å²) in [6, 6.07) is 15.4. The van der Waals surface area contributed by atoms with E-state index in [1.807, 2.05) is 70.2 Å². The first-order valence-electron chi connectivity index (χ1n) is 12.5. The number of anilines is 1. The van der Waals surface area contributed by atoms with Gasteiger partial charge in [0.1, 0.15) is 23.7 Å². The van der Waals surface area contributed by atoms with Crippen LogP contribution in [0.25, 0.3) is 0 Å². The Morgan fingerprint density at radius 3 is 2.66 bits per heavy atom. The average Bonchev–Trinajstić information content (AvgIpc) is 3.23. The summed E-state index contributed by atoms with van der Waals surface area (Å²) >= 11 is 6.35. The average molecular weight is 541 g/mol. The Bertz CT molecular complexity index is 1270. The van der Waals surface area contributed by atoms with Gasteiger partial charge in [-0.05, 0) is 57.0 Å². The number of aryl methyl sites for hydroxylation is 1. The van der Waals surface area contributed by atoms with Crippen molar-refractivity contribution in [2.24, 2.45) is 0 Å². The topological polar surface area (TPSA) is 94.9 Å². The Hall–Kier alpha value is -3.56. The van der Waals surface area contributed by atoms with E-state index in [1.165, 1.54) is 10.9 Å². The molecule has 0 aliphatic carbocycles. The van der Waals surface area contributed by atoms with Crippen LogP contribution >= 0.6 is 11.6 Å². The van der Waals surface area contributed by atoms with Crippen LogP contribution in [0, 0.1) is 6.92 Å². The quantitative estimate of drug-likeness (QED) is 0.436. The van der Waals surface area contributed by atoms with Gasteiger partial charge in [-0.15, -0.1) is 0 Å². The lowest BCUT2D eigenvalue weighted by Gasteiger charge is -2.34. The van der Waals surface area contributed by atoms with Crippen LogP contribution in [0.15, 0.2) is 54.7 Å².